The fourth-order valence-corrected chi connectivity index (χ4v) is 4.34. The summed E-state index contributed by atoms with van der Waals surface area (Å²) >= 11 is 0. The Balaban J connectivity index is 1.64. The van der Waals surface area contributed by atoms with Gasteiger partial charge in [-0.05, 0) is 61.4 Å². The minimum atomic E-state index is -3.67. The molecule has 0 aliphatic rings. The van der Waals surface area contributed by atoms with E-state index in [1.807, 2.05) is 13.8 Å². The Morgan fingerprint density at radius 2 is 1.55 bits per heavy atom. The molecule has 7 heteroatoms. The maximum absolute atomic E-state index is 13.0. The van der Waals surface area contributed by atoms with Crippen molar-refractivity contribution < 1.29 is 17.6 Å². The molecule has 0 radical (unpaired) electrons. The molecule has 0 aliphatic carbocycles. The van der Waals surface area contributed by atoms with Crippen LogP contribution in [0.2, 0.25) is 0 Å². The number of halogens is 1. The van der Waals surface area contributed by atoms with Crippen LogP contribution in [0.3, 0.4) is 0 Å². The number of benzene rings is 3. The molecule has 1 atom stereocenters. The summed E-state index contributed by atoms with van der Waals surface area (Å²) in [7, 11) is -2.17. The first-order chi connectivity index (χ1) is 14.7. The monoisotopic (exact) mass is 440 g/mol. The summed E-state index contributed by atoms with van der Waals surface area (Å²) in [4.78, 5) is 12.6. The van der Waals surface area contributed by atoms with Crippen LogP contribution in [0, 0.1) is 12.7 Å². The number of amides is 1. The highest BCUT2D eigenvalue weighted by atomic mass is 32.2. The van der Waals surface area contributed by atoms with Gasteiger partial charge in [-0.1, -0.05) is 42.0 Å². The molecular weight excluding hydrogens is 415 g/mol. The molecule has 0 aliphatic heterocycles. The van der Waals surface area contributed by atoms with Gasteiger partial charge in [0.05, 0.1) is 23.0 Å². The number of sulfonamides is 1. The molecule has 1 amide bonds. The number of carbonyl (C=O) groups excluding carboxylic acids is 1. The van der Waals surface area contributed by atoms with Gasteiger partial charge >= 0.3 is 0 Å². The zero-order valence-corrected chi connectivity index (χ0v) is 18.5. The molecular formula is C24H25FN2O3S. The summed E-state index contributed by atoms with van der Waals surface area (Å²) in [6.45, 7) is 3.73. The summed E-state index contributed by atoms with van der Waals surface area (Å²) in [5.74, 6) is -0.498. The van der Waals surface area contributed by atoms with E-state index in [1.165, 1.54) is 23.5 Å². The fourth-order valence-electron chi connectivity index (χ4n) is 3.14. The van der Waals surface area contributed by atoms with Gasteiger partial charge in [-0.2, -0.15) is 0 Å². The smallest absolute Gasteiger partial charge is 0.264 e. The Hall–Kier alpha value is -3.19. The number of aryl methyl sites for hydroxylation is 1. The lowest BCUT2D eigenvalue weighted by Gasteiger charge is -2.20. The minimum Gasteiger partial charge on any atom is -0.349 e. The lowest BCUT2D eigenvalue weighted by Crippen LogP contribution is -2.28. The SMILES string of the molecule is Cc1ccc(S(=O)(=O)N(C)c2ccc(CC(=O)N[C@@H](C)c3ccc(F)cc3)cc2)cc1. The first-order valence-corrected chi connectivity index (χ1v) is 11.3. The second-order valence-corrected chi connectivity index (χ2v) is 9.44. The van der Waals surface area contributed by atoms with Gasteiger partial charge in [-0.15, -0.1) is 0 Å². The average molecular weight is 441 g/mol. The van der Waals surface area contributed by atoms with Crippen LogP contribution >= 0.6 is 0 Å². The van der Waals surface area contributed by atoms with Gasteiger partial charge in [-0.3, -0.25) is 9.10 Å². The van der Waals surface area contributed by atoms with Gasteiger partial charge in [0.2, 0.25) is 5.91 Å². The largest absolute Gasteiger partial charge is 0.349 e. The zero-order valence-electron chi connectivity index (χ0n) is 17.7. The molecule has 5 nitrogen and oxygen atoms in total. The Labute approximate surface area is 182 Å². The Morgan fingerprint density at radius 1 is 0.968 bits per heavy atom. The van der Waals surface area contributed by atoms with Crippen LogP contribution in [-0.2, 0) is 21.2 Å². The second kappa shape index (κ2) is 9.31. The molecule has 0 heterocycles. The Morgan fingerprint density at radius 3 is 2.13 bits per heavy atom. The standard InChI is InChI=1S/C24H25FN2O3S/c1-17-4-14-23(15-5-17)31(29,30)27(3)22-12-6-19(7-13-22)16-24(28)26-18(2)20-8-10-21(25)11-9-20/h4-15,18H,16H2,1-3H3,(H,26,28)/t18-/m0/s1. The number of nitrogens with zero attached hydrogens (tertiary/aromatic N) is 1. The molecule has 0 bridgehead atoms. The van der Waals surface area contributed by atoms with E-state index < -0.39 is 10.0 Å². The normalized spacial score (nSPS) is 12.3. The van der Waals surface area contributed by atoms with Crippen LogP contribution in [0.25, 0.3) is 0 Å². The van der Waals surface area contributed by atoms with Crippen molar-refractivity contribution in [2.24, 2.45) is 0 Å². The van der Waals surface area contributed by atoms with Crippen LogP contribution in [0.4, 0.5) is 10.1 Å². The summed E-state index contributed by atoms with van der Waals surface area (Å²) in [5.41, 5.74) is 3.06. The number of nitrogens with one attached hydrogen (secondary N) is 1. The molecule has 0 saturated carbocycles. The van der Waals surface area contributed by atoms with E-state index in [0.29, 0.717) is 5.69 Å². The van der Waals surface area contributed by atoms with Gasteiger partial charge in [0.25, 0.3) is 10.0 Å². The van der Waals surface area contributed by atoms with Gasteiger partial charge < -0.3 is 5.32 Å². The zero-order chi connectivity index (χ0) is 22.6. The molecule has 3 aromatic rings. The average Bonchev–Trinajstić information content (AvgIpc) is 2.74. The van der Waals surface area contributed by atoms with E-state index in [2.05, 4.69) is 5.32 Å². The molecule has 0 saturated heterocycles. The van der Waals surface area contributed by atoms with Crippen LogP contribution < -0.4 is 9.62 Å². The maximum Gasteiger partial charge on any atom is 0.264 e. The highest BCUT2D eigenvalue weighted by molar-refractivity contribution is 7.92. The van der Waals surface area contributed by atoms with Crippen molar-refractivity contribution in [2.45, 2.75) is 31.2 Å². The highest BCUT2D eigenvalue weighted by Crippen LogP contribution is 2.23. The molecule has 162 valence electrons. The number of hydrogen-bond acceptors (Lipinski definition) is 3. The van der Waals surface area contributed by atoms with Crippen molar-refractivity contribution in [1.29, 1.82) is 0 Å². The Bertz CT molecular complexity index is 1140. The quantitative estimate of drug-likeness (QED) is 0.593. The predicted octanol–water partition coefficient (Wildman–Crippen LogP) is 4.38. The van der Waals surface area contributed by atoms with Gasteiger partial charge in [-0.25, -0.2) is 12.8 Å². The number of anilines is 1. The van der Waals surface area contributed by atoms with E-state index in [9.17, 15) is 17.6 Å². The van der Waals surface area contributed by atoms with Gasteiger partial charge in [0.15, 0.2) is 0 Å². The van der Waals surface area contributed by atoms with Crippen molar-refractivity contribution in [3.05, 3.63) is 95.3 Å². The molecule has 0 aromatic heterocycles. The Kier molecular flexibility index (Phi) is 6.75. The van der Waals surface area contributed by atoms with Crippen molar-refractivity contribution >= 4 is 21.6 Å². The third kappa shape index (κ3) is 5.49. The predicted molar refractivity (Wildman–Crippen MR) is 120 cm³/mol. The van der Waals surface area contributed by atoms with E-state index in [0.717, 1.165) is 16.7 Å². The minimum absolute atomic E-state index is 0.153. The summed E-state index contributed by atoms with van der Waals surface area (Å²) in [5, 5.41) is 2.88. The van der Waals surface area contributed by atoms with E-state index >= 15 is 0 Å². The van der Waals surface area contributed by atoms with Crippen LogP contribution in [0.1, 0.15) is 29.7 Å². The topological polar surface area (TPSA) is 66.5 Å². The van der Waals surface area contributed by atoms with Crippen molar-refractivity contribution in [3.63, 3.8) is 0 Å². The van der Waals surface area contributed by atoms with Crippen LogP contribution in [-0.4, -0.2) is 21.4 Å². The van der Waals surface area contributed by atoms with Crippen molar-refractivity contribution in [1.82, 2.24) is 5.32 Å². The first kappa shape index (κ1) is 22.5. The molecule has 1 N–H and O–H groups in total. The lowest BCUT2D eigenvalue weighted by molar-refractivity contribution is -0.121. The molecule has 31 heavy (non-hydrogen) atoms. The van der Waals surface area contributed by atoms with Gasteiger partial charge in [0, 0.05) is 7.05 Å². The maximum atomic E-state index is 13.0. The second-order valence-electron chi connectivity index (χ2n) is 7.47. The van der Waals surface area contributed by atoms with E-state index in [4.69, 9.17) is 0 Å². The molecule has 3 rings (SSSR count). The summed E-state index contributed by atoms with van der Waals surface area (Å²) in [6.07, 6.45) is 0.153. The molecule has 0 spiro atoms. The van der Waals surface area contributed by atoms with E-state index in [1.54, 1.807) is 60.7 Å². The molecule has 0 fully saturated rings. The number of carbonyl (C=O) groups is 1. The van der Waals surface area contributed by atoms with Gasteiger partial charge in [0.1, 0.15) is 5.82 Å². The van der Waals surface area contributed by atoms with Crippen LogP contribution in [0.15, 0.2) is 77.7 Å². The third-order valence-corrected chi connectivity index (χ3v) is 6.89. The number of rotatable bonds is 7. The van der Waals surface area contributed by atoms with Crippen molar-refractivity contribution in [3.8, 4) is 0 Å². The highest BCUT2D eigenvalue weighted by Gasteiger charge is 2.21. The summed E-state index contributed by atoms with van der Waals surface area (Å²) in [6, 6.07) is 19.3. The molecule has 0 unspecified atom stereocenters. The summed E-state index contributed by atoms with van der Waals surface area (Å²) < 4.78 is 39.9. The first-order valence-electron chi connectivity index (χ1n) is 9.86. The van der Waals surface area contributed by atoms with Crippen molar-refractivity contribution in [2.75, 3.05) is 11.4 Å². The number of hydrogen-bond donors (Lipinski definition) is 1. The lowest BCUT2D eigenvalue weighted by atomic mass is 10.1. The van der Waals surface area contributed by atoms with E-state index in [-0.39, 0.29) is 29.1 Å². The molecule has 3 aromatic carbocycles. The van der Waals surface area contributed by atoms with Crippen LogP contribution in [0.5, 0.6) is 0 Å². The third-order valence-electron chi connectivity index (χ3n) is 5.09. The fraction of sp³-hybridized carbons (Fsp3) is 0.208.